The van der Waals surface area contributed by atoms with E-state index < -0.39 is 0 Å². The fourth-order valence-corrected chi connectivity index (χ4v) is 6.77. The molecule has 1 aliphatic rings. The first-order chi connectivity index (χ1) is 9.34. The number of hydrogen-bond acceptors (Lipinski definition) is 5. The molecular formula is C14H8O2S3. The van der Waals surface area contributed by atoms with Crippen molar-refractivity contribution < 1.29 is 4.42 Å². The maximum Gasteiger partial charge on any atom is 0.194 e. The third-order valence-corrected chi connectivity index (χ3v) is 7.37. The number of furan rings is 1. The predicted molar refractivity (Wildman–Crippen MR) is 82.1 cm³/mol. The molecule has 1 atom stereocenters. The minimum Gasteiger partial charge on any atom is -0.468 e. The average Bonchev–Trinajstić information content (AvgIpc) is 3.07. The van der Waals surface area contributed by atoms with E-state index in [0.29, 0.717) is 0 Å². The quantitative estimate of drug-likeness (QED) is 0.610. The van der Waals surface area contributed by atoms with E-state index in [4.69, 9.17) is 4.42 Å². The molecule has 0 saturated heterocycles. The molecule has 2 aromatic heterocycles. The summed E-state index contributed by atoms with van der Waals surface area (Å²) in [6.07, 6.45) is 1.66. The van der Waals surface area contributed by atoms with Gasteiger partial charge in [0.05, 0.1) is 10.5 Å². The fraction of sp³-hybridized carbons (Fsp3) is 0.0714. The molecule has 3 aromatic rings. The first kappa shape index (κ1) is 11.6. The van der Waals surface area contributed by atoms with Gasteiger partial charge in [-0.15, -0.1) is 11.3 Å². The van der Waals surface area contributed by atoms with Gasteiger partial charge in [0.25, 0.3) is 0 Å². The van der Waals surface area contributed by atoms with Crippen LogP contribution in [0.4, 0.5) is 0 Å². The van der Waals surface area contributed by atoms with Gasteiger partial charge in [0.1, 0.15) is 11.0 Å². The summed E-state index contributed by atoms with van der Waals surface area (Å²) >= 11 is 1.69. The summed E-state index contributed by atoms with van der Waals surface area (Å²) in [4.78, 5) is 12.7. The summed E-state index contributed by atoms with van der Waals surface area (Å²) in [5.41, 5.74) is 1.02. The zero-order valence-electron chi connectivity index (χ0n) is 9.66. The first-order valence-electron chi connectivity index (χ1n) is 5.77. The topological polar surface area (TPSA) is 30.2 Å². The Kier molecular flexibility index (Phi) is 2.72. The van der Waals surface area contributed by atoms with Crippen molar-refractivity contribution in [2.45, 2.75) is 9.46 Å². The van der Waals surface area contributed by atoms with Gasteiger partial charge in [-0.1, -0.05) is 22.9 Å². The van der Waals surface area contributed by atoms with Crippen LogP contribution < -0.4 is 5.43 Å². The normalized spacial score (nSPS) is 17.8. The maximum absolute atomic E-state index is 12.7. The highest BCUT2D eigenvalue weighted by atomic mass is 33.1. The molecule has 0 radical (unpaired) electrons. The molecule has 3 heterocycles. The Morgan fingerprint density at radius 3 is 2.84 bits per heavy atom. The second kappa shape index (κ2) is 4.44. The SMILES string of the molecule is O=c1c2c(sc3ccccc13)SSC2c1ccco1. The molecular weight excluding hydrogens is 296 g/mol. The minimum absolute atomic E-state index is 0.0170. The van der Waals surface area contributed by atoms with Crippen molar-refractivity contribution >= 4 is 43.0 Å². The highest BCUT2D eigenvalue weighted by Crippen LogP contribution is 2.56. The number of hydrogen-bond donors (Lipinski definition) is 0. The van der Waals surface area contributed by atoms with Crippen LogP contribution in [0.15, 0.2) is 56.1 Å². The fourth-order valence-electron chi connectivity index (χ4n) is 2.19. The molecule has 0 fully saturated rings. The van der Waals surface area contributed by atoms with Gasteiger partial charge in [-0.25, -0.2) is 0 Å². The predicted octanol–water partition coefficient (Wildman–Crippen LogP) is 4.70. The van der Waals surface area contributed by atoms with E-state index in [-0.39, 0.29) is 10.7 Å². The van der Waals surface area contributed by atoms with E-state index >= 15 is 0 Å². The molecule has 19 heavy (non-hydrogen) atoms. The van der Waals surface area contributed by atoms with Gasteiger partial charge < -0.3 is 4.42 Å². The number of fused-ring (bicyclic) bond motifs is 2. The van der Waals surface area contributed by atoms with Crippen LogP contribution in [0, 0.1) is 0 Å². The molecule has 4 rings (SSSR count). The van der Waals surface area contributed by atoms with Crippen LogP contribution in [0.2, 0.25) is 0 Å². The summed E-state index contributed by atoms with van der Waals surface area (Å²) in [5.74, 6) is 0.857. The molecule has 1 aromatic carbocycles. The van der Waals surface area contributed by atoms with Crippen molar-refractivity contribution in [1.29, 1.82) is 0 Å². The van der Waals surface area contributed by atoms with Crippen molar-refractivity contribution in [3.63, 3.8) is 0 Å². The zero-order valence-corrected chi connectivity index (χ0v) is 12.1. The van der Waals surface area contributed by atoms with Gasteiger partial charge in [0.15, 0.2) is 5.43 Å². The number of benzene rings is 1. The monoisotopic (exact) mass is 304 g/mol. The third-order valence-electron chi connectivity index (χ3n) is 3.08. The summed E-state index contributed by atoms with van der Waals surface area (Å²) in [7, 11) is 3.37. The molecule has 2 nitrogen and oxygen atoms in total. The van der Waals surface area contributed by atoms with Crippen molar-refractivity contribution in [3.05, 3.63) is 64.2 Å². The van der Waals surface area contributed by atoms with Crippen molar-refractivity contribution in [3.8, 4) is 0 Å². The molecule has 0 amide bonds. The Labute approximate surface area is 121 Å². The second-order valence-electron chi connectivity index (χ2n) is 4.20. The molecule has 94 valence electrons. The summed E-state index contributed by atoms with van der Waals surface area (Å²) in [5, 5.41) is 0.828. The lowest BCUT2D eigenvalue weighted by Gasteiger charge is -2.06. The Hall–Kier alpha value is -1.17. The van der Waals surface area contributed by atoms with Crippen LogP contribution >= 0.6 is 32.9 Å². The Morgan fingerprint density at radius 1 is 1.11 bits per heavy atom. The smallest absolute Gasteiger partial charge is 0.194 e. The molecule has 1 aliphatic heterocycles. The van der Waals surface area contributed by atoms with E-state index in [9.17, 15) is 4.79 Å². The third kappa shape index (κ3) is 1.76. The van der Waals surface area contributed by atoms with Crippen LogP contribution in [0.3, 0.4) is 0 Å². The van der Waals surface area contributed by atoms with E-state index in [0.717, 1.165) is 25.6 Å². The summed E-state index contributed by atoms with van der Waals surface area (Å²) in [6.45, 7) is 0. The molecule has 0 N–H and O–H groups in total. The van der Waals surface area contributed by atoms with E-state index in [1.54, 1.807) is 39.2 Å². The van der Waals surface area contributed by atoms with Gasteiger partial charge >= 0.3 is 0 Å². The van der Waals surface area contributed by atoms with Crippen molar-refractivity contribution in [1.82, 2.24) is 0 Å². The van der Waals surface area contributed by atoms with E-state index in [1.807, 2.05) is 36.4 Å². The lowest BCUT2D eigenvalue weighted by molar-refractivity contribution is 0.518. The van der Waals surface area contributed by atoms with Crippen LogP contribution in [-0.2, 0) is 0 Å². The van der Waals surface area contributed by atoms with Gasteiger partial charge in [-0.2, -0.15) is 0 Å². The molecule has 0 bridgehead atoms. The zero-order chi connectivity index (χ0) is 12.8. The summed E-state index contributed by atoms with van der Waals surface area (Å²) < 4.78 is 7.63. The Bertz CT molecular complexity index is 805. The van der Waals surface area contributed by atoms with Gasteiger partial charge in [-0.3, -0.25) is 4.79 Å². The minimum atomic E-state index is 0.0170. The molecule has 0 aliphatic carbocycles. The maximum atomic E-state index is 12.7. The lowest BCUT2D eigenvalue weighted by atomic mass is 10.1. The van der Waals surface area contributed by atoms with Crippen LogP contribution in [0.1, 0.15) is 16.6 Å². The molecule has 5 heteroatoms. The van der Waals surface area contributed by atoms with E-state index in [2.05, 4.69) is 0 Å². The number of rotatable bonds is 1. The van der Waals surface area contributed by atoms with Crippen molar-refractivity contribution in [2.24, 2.45) is 0 Å². The van der Waals surface area contributed by atoms with E-state index in [1.165, 1.54) is 0 Å². The van der Waals surface area contributed by atoms with Crippen LogP contribution in [0.25, 0.3) is 10.1 Å². The largest absolute Gasteiger partial charge is 0.468 e. The van der Waals surface area contributed by atoms with Crippen LogP contribution in [-0.4, -0.2) is 0 Å². The van der Waals surface area contributed by atoms with Crippen molar-refractivity contribution in [2.75, 3.05) is 0 Å². The Morgan fingerprint density at radius 2 is 2.00 bits per heavy atom. The van der Waals surface area contributed by atoms with Crippen LogP contribution in [0.5, 0.6) is 0 Å². The molecule has 0 spiro atoms. The second-order valence-corrected chi connectivity index (χ2v) is 7.83. The first-order valence-corrected chi connectivity index (χ1v) is 8.80. The van der Waals surface area contributed by atoms with Gasteiger partial charge in [0, 0.05) is 15.6 Å². The summed E-state index contributed by atoms with van der Waals surface area (Å²) in [6, 6.07) is 11.6. The highest BCUT2D eigenvalue weighted by molar-refractivity contribution is 8.77. The van der Waals surface area contributed by atoms with Gasteiger partial charge in [0.2, 0.25) is 0 Å². The standard InChI is InChI=1S/C14H8O2S3/c15-12-8-4-1-2-6-10(8)17-14-11(12)13(18-19-14)9-5-3-7-16-9/h1-7,13H. The average molecular weight is 304 g/mol. The van der Waals surface area contributed by atoms with Gasteiger partial charge in [-0.05, 0) is 35.1 Å². The lowest BCUT2D eigenvalue weighted by Crippen LogP contribution is -2.10. The molecule has 1 unspecified atom stereocenters. The highest BCUT2D eigenvalue weighted by Gasteiger charge is 2.32. The molecule has 0 saturated carbocycles. The Balaban J connectivity index is 2.01.